The number of sulfonamides is 1. The fourth-order valence-corrected chi connectivity index (χ4v) is 4.75. The molecule has 0 aliphatic carbocycles. The van der Waals surface area contributed by atoms with E-state index in [9.17, 15) is 13.2 Å². The first-order valence-electron chi connectivity index (χ1n) is 9.77. The molecule has 0 radical (unpaired) electrons. The molecule has 1 atom stereocenters. The Bertz CT molecular complexity index is 1440. The average molecular weight is 436 g/mol. The highest BCUT2D eigenvalue weighted by Gasteiger charge is 2.35. The van der Waals surface area contributed by atoms with Crippen molar-refractivity contribution in [2.75, 3.05) is 22.4 Å². The Labute approximate surface area is 179 Å². The molecule has 31 heavy (non-hydrogen) atoms. The monoisotopic (exact) mass is 436 g/mol. The van der Waals surface area contributed by atoms with Gasteiger partial charge in [-0.15, -0.1) is 0 Å². The maximum atomic E-state index is 13.0. The molecular formula is C23H20N2O5S. The number of nitrogens with one attached hydrogen (secondary N) is 1. The molecule has 3 aromatic carbocycles. The van der Waals surface area contributed by atoms with Gasteiger partial charge in [0.2, 0.25) is 10.0 Å². The number of amides is 1. The number of carbonyl (C=O) groups excluding carboxylic acids is 1. The van der Waals surface area contributed by atoms with Crippen molar-refractivity contribution in [2.24, 2.45) is 0 Å². The van der Waals surface area contributed by atoms with Gasteiger partial charge in [-0.05, 0) is 42.8 Å². The van der Waals surface area contributed by atoms with E-state index in [1.165, 1.54) is 4.31 Å². The summed E-state index contributed by atoms with van der Waals surface area (Å²) in [7, 11) is -3.58. The topological polar surface area (TPSA) is 88.8 Å². The molecular weight excluding hydrogens is 416 g/mol. The number of rotatable bonds is 3. The Balaban J connectivity index is 1.44. The number of aryl methyl sites for hydroxylation is 1. The summed E-state index contributed by atoms with van der Waals surface area (Å²) in [6, 6.07) is 18.4. The molecule has 0 bridgehead atoms. The third kappa shape index (κ3) is 3.48. The number of hydrogen-bond acceptors (Lipinski definition) is 5. The number of fused-ring (bicyclic) bond motifs is 4. The lowest BCUT2D eigenvalue weighted by atomic mass is 10.1. The Hall–Kier alpha value is -3.52. The quantitative estimate of drug-likeness (QED) is 0.523. The zero-order valence-electron chi connectivity index (χ0n) is 17.0. The zero-order chi connectivity index (χ0) is 21.8. The van der Waals surface area contributed by atoms with E-state index in [2.05, 4.69) is 5.32 Å². The number of furan rings is 1. The third-order valence-corrected chi connectivity index (χ3v) is 6.47. The van der Waals surface area contributed by atoms with Gasteiger partial charge < -0.3 is 14.5 Å². The van der Waals surface area contributed by atoms with Gasteiger partial charge in [-0.3, -0.25) is 9.10 Å². The van der Waals surface area contributed by atoms with E-state index >= 15 is 0 Å². The summed E-state index contributed by atoms with van der Waals surface area (Å²) in [6.45, 7) is 1.77. The Morgan fingerprint density at radius 2 is 1.81 bits per heavy atom. The average Bonchev–Trinajstić information content (AvgIpc) is 3.09. The normalized spacial score (nSPS) is 16.2. The second-order valence-electron chi connectivity index (χ2n) is 7.67. The van der Waals surface area contributed by atoms with E-state index < -0.39 is 22.0 Å². The predicted octanol–water partition coefficient (Wildman–Crippen LogP) is 4.06. The predicted molar refractivity (Wildman–Crippen MR) is 120 cm³/mol. The van der Waals surface area contributed by atoms with E-state index in [1.54, 1.807) is 24.3 Å². The number of anilines is 2. The van der Waals surface area contributed by atoms with Crippen molar-refractivity contribution in [1.82, 2.24) is 0 Å². The van der Waals surface area contributed by atoms with Gasteiger partial charge in [0.05, 0.1) is 18.5 Å². The molecule has 1 N–H and O–H groups in total. The van der Waals surface area contributed by atoms with Gasteiger partial charge in [0, 0.05) is 22.5 Å². The van der Waals surface area contributed by atoms with E-state index in [4.69, 9.17) is 9.15 Å². The Morgan fingerprint density at radius 1 is 1.03 bits per heavy atom. The van der Waals surface area contributed by atoms with Crippen LogP contribution in [-0.4, -0.2) is 33.2 Å². The first-order valence-corrected chi connectivity index (χ1v) is 11.6. The number of hydrogen-bond donors (Lipinski definition) is 1. The van der Waals surface area contributed by atoms with Crippen molar-refractivity contribution in [3.05, 3.63) is 66.2 Å². The SMILES string of the molecule is Cc1ccc2c(c1)OC(C(=O)Nc1ccc3c(c1)oc1ccccc13)CN2S(C)(=O)=O. The summed E-state index contributed by atoms with van der Waals surface area (Å²) < 4.78 is 37.6. The van der Waals surface area contributed by atoms with Crippen LogP contribution in [0.1, 0.15) is 5.56 Å². The van der Waals surface area contributed by atoms with E-state index in [-0.39, 0.29) is 6.54 Å². The number of para-hydroxylation sites is 1. The van der Waals surface area contributed by atoms with Crippen LogP contribution in [0.15, 0.2) is 65.1 Å². The van der Waals surface area contributed by atoms with Crippen molar-refractivity contribution in [3.8, 4) is 5.75 Å². The van der Waals surface area contributed by atoms with Crippen LogP contribution in [0.25, 0.3) is 21.9 Å². The van der Waals surface area contributed by atoms with E-state index in [1.807, 2.05) is 43.3 Å². The summed E-state index contributed by atoms with van der Waals surface area (Å²) in [5.74, 6) is -0.0687. The van der Waals surface area contributed by atoms with Crippen LogP contribution in [0, 0.1) is 6.92 Å². The minimum absolute atomic E-state index is 0.104. The van der Waals surface area contributed by atoms with Crippen LogP contribution < -0.4 is 14.4 Å². The standard InChI is InChI=1S/C23H20N2O5S/c1-14-7-10-18-21(11-14)30-22(13-25(18)31(2,27)28)23(26)24-15-8-9-17-16-5-3-4-6-19(16)29-20(17)12-15/h3-12,22H,13H2,1-2H3,(H,24,26). The van der Waals surface area contributed by atoms with E-state index in [0.29, 0.717) is 22.7 Å². The van der Waals surface area contributed by atoms with Crippen molar-refractivity contribution >= 4 is 49.2 Å². The molecule has 4 aromatic rings. The lowest BCUT2D eigenvalue weighted by molar-refractivity contribution is -0.122. The first kappa shape index (κ1) is 19.4. The summed E-state index contributed by atoms with van der Waals surface area (Å²) in [5.41, 5.74) is 3.31. The number of carbonyl (C=O) groups is 1. The molecule has 8 heteroatoms. The largest absolute Gasteiger partial charge is 0.476 e. The molecule has 0 fully saturated rings. The van der Waals surface area contributed by atoms with Crippen molar-refractivity contribution in [3.63, 3.8) is 0 Å². The Kier molecular flexibility index (Phi) is 4.40. The second-order valence-corrected chi connectivity index (χ2v) is 9.58. The molecule has 2 heterocycles. The molecule has 0 saturated carbocycles. The summed E-state index contributed by atoms with van der Waals surface area (Å²) in [5, 5.41) is 4.78. The second kappa shape index (κ2) is 7.02. The third-order valence-electron chi connectivity index (χ3n) is 5.32. The molecule has 1 aliphatic heterocycles. The van der Waals surface area contributed by atoms with Gasteiger partial charge in [0.15, 0.2) is 6.10 Å². The van der Waals surface area contributed by atoms with Crippen molar-refractivity contribution in [1.29, 1.82) is 0 Å². The molecule has 1 aliphatic rings. The number of ether oxygens (including phenoxy) is 1. The highest BCUT2D eigenvalue weighted by Crippen LogP contribution is 2.36. The minimum Gasteiger partial charge on any atom is -0.476 e. The van der Waals surface area contributed by atoms with Crippen LogP contribution in [0.5, 0.6) is 5.75 Å². The maximum absolute atomic E-state index is 13.0. The van der Waals surface area contributed by atoms with Gasteiger partial charge in [-0.25, -0.2) is 8.42 Å². The van der Waals surface area contributed by atoms with Gasteiger partial charge in [0.25, 0.3) is 5.91 Å². The van der Waals surface area contributed by atoms with Gasteiger partial charge >= 0.3 is 0 Å². The molecule has 0 saturated heterocycles. The van der Waals surface area contributed by atoms with Crippen molar-refractivity contribution < 1.29 is 22.4 Å². The molecule has 7 nitrogen and oxygen atoms in total. The van der Waals surface area contributed by atoms with E-state index in [0.717, 1.165) is 28.2 Å². The van der Waals surface area contributed by atoms with Gasteiger partial charge in [-0.1, -0.05) is 24.3 Å². The van der Waals surface area contributed by atoms with Gasteiger partial charge in [0.1, 0.15) is 16.9 Å². The fraction of sp³-hybridized carbons (Fsp3) is 0.174. The smallest absolute Gasteiger partial charge is 0.267 e. The molecule has 1 aromatic heterocycles. The molecule has 158 valence electrons. The fourth-order valence-electron chi connectivity index (χ4n) is 3.84. The van der Waals surface area contributed by atoms with Crippen LogP contribution in [0.3, 0.4) is 0 Å². The highest BCUT2D eigenvalue weighted by molar-refractivity contribution is 7.92. The lowest BCUT2D eigenvalue weighted by Gasteiger charge is -2.34. The maximum Gasteiger partial charge on any atom is 0.267 e. The minimum atomic E-state index is -3.58. The number of nitrogens with zero attached hydrogens (tertiary/aromatic N) is 1. The van der Waals surface area contributed by atoms with Crippen LogP contribution >= 0.6 is 0 Å². The highest BCUT2D eigenvalue weighted by atomic mass is 32.2. The van der Waals surface area contributed by atoms with Crippen LogP contribution in [0.4, 0.5) is 11.4 Å². The molecule has 5 rings (SSSR count). The molecule has 0 spiro atoms. The summed E-state index contributed by atoms with van der Waals surface area (Å²) >= 11 is 0. The van der Waals surface area contributed by atoms with Crippen LogP contribution in [-0.2, 0) is 14.8 Å². The molecule has 1 amide bonds. The first-order chi connectivity index (χ1) is 14.8. The summed E-state index contributed by atoms with van der Waals surface area (Å²) in [6.07, 6.45) is 0.127. The van der Waals surface area contributed by atoms with Crippen molar-refractivity contribution in [2.45, 2.75) is 13.0 Å². The lowest BCUT2D eigenvalue weighted by Crippen LogP contribution is -2.48. The number of benzene rings is 3. The Morgan fingerprint density at radius 3 is 2.61 bits per heavy atom. The van der Waals surface area contributed by atoms with Gasteiger partial charge in [-0.2, -0.15) is 0 Å². The molecule has 1 unspecified atom stereocenters. The zero-order valence-corrected chi connectivity index (χ0v) is 17.8. The van der Waals surface area contributed by atoms with Crippen LogP contribution in [0.2, 0.25) is 0 Å². The summed E-state index contributed by atoms with van der Waals surface area (Å²) in [4.78, 5) is 13.0.